The van der Waals surface area contributed by atoms with E-state index in [1.807, 2.05) is 6.07 Å². The van der Waals surface area contributed by atoms with Gasteiger partial charge in [0, 0.05) is 18.5 Å². The van der Waals surface area contributed by atoms with Crippen LogP contribution in [0.15, 0.2) is 42.5 Å². The summed E-state index contributed by atoms with van der Waals surface area (Å²) in [7, 11) is 1.59. The molecule has 6 nitrogen and oxygen atoms in total. The van der Waals surface area contributed by atoms with Gasteiger partial charge in [0.2, 0.25) is 5.91 Å². The Hall–Kier alpha value is -2.86. The Balaban J connectivity index is 1.74. The second-order valence-electron chi connectivity index (χ2n) is 5.39. The average Bonchev–Trinajstić information content (AvgIpc) is 2.95. The third kappa shape index (κ3) is 3.55. The lowest BCUT2D eigenvalue weighted by molar-refractivity contribution is -0.115. The molecule has 2 aromatic carbocycles. The highest BCUT2D eigenvalue weighted by molar-refractivity contribution is 6.07. The number of benzene rings is 2. The summed E-state index contributed by atoms with van der Waals surface area (Å²) in [6, 6.07) is 12.4. The Labute approximate surface area is 139 Å². The van der Waals surface area contributed by atoms with Gasteiger partial charge in [0.05, 0.1) is 18.6 Å². The quantitative estimate of drug-likeness (QED) is 0.800. The Kier molecular flexibility index (Phi) is 4.77. The minimum absolute atomic E-state index is 0.0367. The molecule has 0 fully saturated rings. The number of nitrogens with one attached hydrogen (secondary N) is 2. The molecule has 2 N–H and O–H groups in total. The molecule has 1 aliphatic heterocycles. The first kappa shape index (κ1) is 16.0. The first-order valence-corrected chi connectivity index (χ1v) is 7.62. The topological polar surface area (TPSA) is 76.7 Å². The van der Waals surface area contributed by atoms with Gasteiger partial charge < -0.3 is 20.1 Å². The van der Waals surface area contributed by atoms with E-state index in [9.17, 15) is 9.59 Å². The first-order valence-electron chi connectivity index (χ1n) is 7.62. The molecule has 1 aliphatic rings. The van der Waals surface area contributed by atoms with Gasteiger partial charge in [-0.25, -0.2) is 0 Å². The number of anilines is 2. The highest BCUT2D eigenvalue weighted by Crippen LogP contribution is 2.27. The van der Waals surface area contributed by atoms with E-state index in [2.05, 4.69) is 10.6 Å². The van der Waals surface area contributed by atoms with E-state index in [1.165, 1.54) is 0 Å². The molecular formula is C18H18N2O4. The van der Waals surface area contributed by atoms with Crippen molar-refractivity contribution in [2.75, 3.05) is 31.0 Å². The van der Waals surface area contributed by atoms with Crippen molar-refractivity contribution < 1.29 is 19.1 Å². The van der Waals surface area contributed by atoms with E-state index in [4.69, 9.17) is 9.47 Å². The minimum atomic E-state index is -0.264. The number of carbonyl (C=O) groups excluding carboxylic acids is 2. The monoisotopic (exact) mass is 326 g/mol. The van der Waals surface area contributed by atoms with Gasteiger partial charge in [-0.05, 0) is 35.9 Å². The van der Waals surface area contributed by atoms with Crippen LogP contribution in [0, 0.1) is 0 Å². The van der Waals surface area contributed by atoms with Gasteiger partial charge in [-0.15, -0.1) is 0 Å². The summed E-state index contributed by atoms with van der Waals surface area (Å²) in [5, 5.41) is 5.61. The van der Waals surface area contributed by atoms with Crippen LogP contribution in [0.4, 0.5) is 11.4 Å². The summed E-state index contributed by atoms with van der Waals surface area (Å²) in [6.07, 6.45) is 0.329. The number of carbonyl (C=O) groups is 2. The number of para-hydroxylation sites is 1. The highest BCUT2D eigenvalue weighted by Gasteiger charge is 2.18. The van der Waals surface area contributed by atoms with Crippen LogP contribution in [0.1, 0.15) is 15.9 Å². The largest absolute Gasteiger partial charge is 0.490 e. The van der Waals surface area contributed by atoms with Crippen LogP contribution >= 0.6 is 0 Å². The normalized spacial score (nSPS) is 12.5. The molecule has 0 radical (unpaired) electrons. The molecule has 3 rings (SSSR count). The SMILES string of the molecule is COCCOc1ccccc1C(=O)Nc1ccc2c(c1)CC(=O)N2. The Morgan fingerprint density at radius 3 is 2.88 bits per heavy atom. The maximum absolute atomic E-state index is 12.5. The van der Waals surface area contributed by atoms with E-state index in [1.54, 1.807) is 43.5 Å². The fourth-order valence-electron chi connectivity index (χ4n) is 2.52. The van der Waals surface area contributed by atoms with Crippen molar-refractivity contribution in [2.24, 2.45) is 0 Å². The zero-order valence-corrected chi connectivity index (χ0v) is 13.3. The molecule has 24 heavy (non-hydrogen) atoms. The molecule has 0 saturated carbocycles. The van der Waals surface area contributed by atoms with Crippen molar-refractivity contribution in [2.45, 2.75) is 6.42 Å². The van der Waals surface area contributed by atoms with Gasteiger partial charge in [0.25, 0.3) is 5.91 Å². The van der Waals surface area contributed by atoms with E-state index >= 15 is 0 Å². The van der Waals surface area contributed by atoms with Crippen LogP contribution in [-0.4, -0.2) is 32.1 Å². The predicted molar refractivity (Wildman–Crippen MR) is 90.5 cm³/mol. The standard InChI is InChI=1S/C18H18N2O4/c1-23-8-9-24-16-5-3-2-4-14(16)18(22)19-13-6-7-15-12(10-13)11-17(21)20-15/h2-7,10H,8-9,11H2,1H3,(H,19,22)(H,20,21). The smallest absolute Gasteiger partial charge is 0.259 e. The van der Waals surface area contributed by atoms with Crippen LogP contribution in [0.25, 0.3) is 0 Å². The van der Waals surface area contributed by atoms with E-state index in [0.29, 0.717) is 36.6 Å². The summed E-state index contributed by atoms with van der Waals surface area (Å²) in [4.78, 5) is 23.9. The number of hydrogen-bond donors (Lipinski definition) is 2. The first-order chi connectivity index (χ1) is 11.7. The van der Waals surface area contributed by atoms with Crippen molar-refractivity contribution in [3.63, 3.8) is 0 Å². The molecule has 2 aromatic rings. The molecule has 0 saturated heterocycles. The number of fused-ring (bicyclic) bond motifs is 1. The summed E-state index contributed by atoms with van der Waals surface area (Å²) in [5.41, 5.74) is 2.76. The van der Waals surface area contributed by atoms with Crippen molar-refractivity contribution in [3.8, 4) is 5.75 Å². The van der Waals surface area contributed by atoms with Crippen molar-refractivity contribution >= 4 is 23.2 Å². The van der Waals surface area contributed by atoms with Gasteiger partial charge in [0.1, 0.15) is 12.4 Å². The minimum Gasteiger partial charge on any atom is -0.490 e. The summed E-state index contributed by atoms with van der Waals surface area (Å²) in [5.74, 6) is 0.204. The molecule has 2 amide bonds. The molecule has 6 heteroatoms. The zero-order valence-electron chi connectivity index (χ0n) is 13.3. The maximum Gasteiger partial charge on any atom is 0.259 e. The summed E-state index contributed by atoms with van der Waals surface area (Å²) in [6.45, 7) is 0.815. The van der Waals surface area contributed by atoms with Crippen LogP contribution in [0.3, 0.4) is 0 Å². The van der Waals surface area contributed by atoms with Crippen molar-refractivity contribution in [1.29, 1.82) is 0 Å². The number of rotatable bonds is 6. The molecule has 0 unspecified atom stereocenters. The third-order valence-electron chi connectivity index (χ3n) is 3.66. The molecule has 0 atom stereocenters. The number of hydrogen-bond acceptors (Lipinski definition) is 4. The molecule has 124 valence electrons. The lowest BCUT2D eigenvalue weighted by atomic mass is 10.1. The fourth-order valence-corrected chi connectivity index (χ4v) is 2.52. The average molecular weight is 326 g/mol. The summed E-state index contributed by atoms with van der Waals surface area (Å²) < 4.78 is 10.5. The highest BCUT2D eigenvalue weighted by atomic mass is 16.5. The molecule has 0 aromatic heterocycles. The zero-order chi connectivity index (χ0) is 16.9. The number of amides is 2. The van der Waals surface area contributed by atoms with Gasteiger partial charge in [-0.2, -0.15) is 0 Å². The Morgan fingerprint density at radius 1 is 1.21 bits per heavy atom. The maximum atomic E-state index is 12.5. The second-order valence-corrected chi connectivity index (χ2v) is 5.39. The molecule has 0 spiro atoms. The summed E-state index contributed by atoms with van der Waals surface area (Å²) >= 11 is 0. The predicted octanol–water partition coefficient (Wildman–Crippen LogP) is 2.46. The molecule has 1 heterocycles. The van der Waals surface area contributed by atoms with Crippen LogP contribution in [-0.2, 0) is 16.0 Å². The van der Waals surface area contributed by atoms with Crippen LogP contribution in [0.5, 0.6) is 5.75 Å². The number of methoxy groups -OCH3 is 1. The fraction of sp³-hybridized carbons (Fsp3) is 0.222. The van der Waals surface area contributed by atoms with Gasteiger partial charge >= 0.3 is 0 Å². The van der Waals surface area contributed by atoms with E-state index in [-0.39, 0.29) is 11.8 Å². The molecular weight excluding hydrogens is 308 g/mol. The third-order valence-corrected chi connectivity index (χ3v) is 3.66. The molecule has 0 bridgehead atoms. The van der Waals surface area contributed by atoms with Gasteiger partial charge in [-0.1, -0.05) is 12.1 Å². The second kappa shape index (κ2) is 7.14. The Morgan fingerprint density at radius 2 is 2.04 bits per heavy atom. The van der Waals surface area contributed by atoms with E-state index in [0.717, 1.165) is 11.3 Å². The van der Waals surface area contributed by atoms with Crippen LogP contribution < -0.4 is 15.4 Å². The van der Waals surface area contributed by atoms with Gasteiger partial charge in [-0.3, -0.25) is 9.59 Å². The van der Waals surface area contributed by atoms with Crippen molar-refractivity contribution in [3.05, 3.63) is 53.6 Å². The number of ether oxygens (including phenoxy) is 2. The lowest BCUT2D eigenvalue weighted by Gasteiger charge is -2.12. The van der Waals surface area contributed by atoms with Crippen LogP contribution in [0.2, 0.25) is 0 Å². The molecule has 0 aliphatic carbocycles. The lowest BCUT2D eigenvalue weighted by Crippen LogP contribution is -2.15. The Bertz CT molecular complexity index is 773. The van der Waals surface area contributed by atoms with Gasteiger partial charge in [0.15, 0.2) is 0 Å². The van der Waals surface area contributed by atoms with E-state index < -0.39 is 0 Å². The van der Waals surface area contributed by atoms with Crippen molar-refractivity contribution in [1.82, 2.24) is 0 Å².